The minimum absolute atomic E-state index is 0.0708. The molecule has 118 valence electrons. The van der Waals surface area contributed by atoms with Crippen molar-refractivity contribution in [2.75, 3.05) is 0 Å². The van der Waals surface area contributed by atoms with E-state index in [1.54, 1.807) is 0 Å². The van der Waals surface area contributed by atoms with Gasteiger partial charge in [-0.25, -0.2) is 0 Å². The molecule has 0 amide bonds. The van der Waals surface area contributed by atoms with Crippen LogP contribution >= 0.6 is 0 Å². The average molecular weight is 288 g/mol. The van der Waals surface area contributed by atoms with Gasteiger partial charge in [-0.2, -0.15) is 0 Å². The molecule has 0 aromatic heterocycles. The van der Waals surface area contributed by atoms with Crippen molar-refractivity contribution >= 4 is 5.78 Å². The standard InChI is InChI=1S/C20H32O/c1-4-5-6-7-8-9-17(21)20-12-16-10-18(2,14-20)13-19(3,11-16)15-20/h4,16H,1,5-15H2,2-3H3. The predicted octanol–water partition coefficient (Wildman–Crippen LogP) is 5.69. The van der Waals surface area contributed by atoms with E-state index >= 15 is 0 Å². The number of rotatable bonds is 7. The Hall–Kier alpha value is -0.590. The van der Waals surface area contributed by atoms with Crippen LogP contribution in [0.2, 0.25) is 0 Å². The smallest absolute Gasteiger partial charge is 0.139 e. The number of Topliss-reactive ketones (excluding diaryl/α,β-unsaturated/α-hetero) is 1. The molecule has 1 nitrogen and oxygen atoms in total. The third-order valence-corrected chi connectivity index (χ3v) is 6.53. The van der Waals surface area contributed by atoms with E-state index in [1.807, 2.05) is 6.08 Å². The summed E-state index contributed by atoms with van der Waals surface area (Å²) in [5.74, 6) is 1.45. The van der Waals surface area contributed by atoms with Crippen LogP contribution in [-0.2, 0) is 4.79 Å². The van der Waals surface area contributed by atoms with Gasteiger partial charge in [0.05, 0.1) is 0 Å². The predicted molar refractivity (Wildman–Crippen MR) is 88.1 cm³/mol. The third-order valence-electron chi connectivity index (χ3n) is 6.53. The quantitative estimate of drug-likeness (QED) is 0.434. The molecule has 0 aromatic rings. The summed E-state index contributed by atoms with van der Waals surface area (Å²) in [6, 6.07) is 0. The maximum atomic E-state index is 13.0. The Kier molecular flexibility index (Phi) is 3.83. The minimum Gasteiger partial charge on any atom is -0.299 e. The van der Waals surface area contributed by atoms with Crippen molar-refractivity contribution in [1.82, 2.24) is 0 Å². The van der Waals surface area contributed by atoms with Gasteiger partial charge in [0.1, 0.15) is 5.78 Å². The second-order valence-corrected chi connectivity index (χ2v) is 9.22. The lowest BCUT2D eigenvalue weighted by atomic mass is 9.39. The Morgan fingerprint density at radius 2 is 1.71 bits per heavy atom. The minimum atomic E-state index is 0.0708. The van der Waals surface area contributed by atoms with Gasteiger partial charge >= 0.3 is 0 Å². The highest BCUT2D eigenvalue weighted by atomic mass is 16.1. The lowest BCUT2D eigenvalue weighted by Crippen LogP contribution is -2.57. The van der Waals surface area contributed by atoms with Crippen LogP contribution in [0.25, 0.3) is 0 Å². The van der Waals surface area contributed by atoms with Gasteiger partial charge in [-0.15, -0.1) is 6.58 Å². The van der Waals surface area contributed by atoms with Gasteiger partial charge in [-0.05, 0) is 74.5 Å². The summed E-state index contributed by atoms with van der Waals surface area (Å²) in [4.78, 5) is 13.0. The van der Waals surface area contributed by atoms with Crippen molar-refractivity contribution in [3.05, 3.63) is 12.7 Å². The summed E-state index contributed by atoms with van der Waals surface area (Å²) in [6.07, 6.45) is 15.1. The summed E-state index contributed by atoms with van der Waals surface area (Å²) in [7, 11) is 0. The Morgan fingerprint density at radius 1 is 1.05 bits per heavy atom. The number of hydrogen-bond acceptors (Lipinski definition) is 1. The molecule has 4 rings (SSSR count). The zero-order chi connectivity index (χ0) is 15.1. The number of allylic oxidation sites excluding steroid dienone is 1. The monoisotopic (exact) mass is 288 g/mol. The van der Waals surface area contributed by atoms with Crippen LogP contribution in [0, 0.1) is 22.2 Å². The van der Waals surface area contributed by atoms with Crippen molar-refractivity contribution < 1.29 is 4.79 Å². The summed E-state index contributed by atoms with van der Waals surface area (Å²) < 4.78 is 0. The first-order valence-electron chi connectivity index (χ1n) is 9.03. The highest BCUT2D eigenvalue weighted by Gasteiger charge is 2.62. The molecule has 21 heavy (non-hydrogen) atoms. The molecule has 0 radical (unpaired) electrons. The average Bonchev–Trinajstić information content (AvgIpc) is 2.33. The topological polar surface area (TPSA) is 17.1 Å². The van der Waals surface area contributed by atoms with Crippen molar-refractivity contribution in [1.29, 1.82) is 0 Å². The first-order chi connectivity index (χ1) is 9.89. The van der Waals surface area contributed by atoms with Crippen LogP contribution in [0.1, 0.15) is 84.5 Å². The summed E-state index contributed by atoms with van der Waals surface area (Å²) in [5.41, 5.74) is 1.00. The molecule has 0 saturated heterocycles. The van der Waals surface area contributed by atoms with E-state index in [9.17, 15) is 4.79 Å². The van der Waals surface area contributed by atoms with E-state index in [4.69, 9.17) is 0 Å². The van der Waals surface area contributed by atoms with Crippen LogP contribution in [0.5, 0.6) is 0 Å². The molecule has 0 N–H and O–H groups in total. The Morgan fingerprint density at radius 3 is 2.29 bits per heavy atom. The van der Waals surface area contributed by atoms with Crippen LogP contribution in [-0.4, -0.2) is 5.78 Å². The van der Waals surface area contributed by atoms with Crippen LogP contribution in [0.4, 0.5) is 0 Å². The number of ketones is 1. The van der Waals surface area contributed by atoms with Crippen LogP contribution < -0.4 is 0 Å². The zero-order valence-electron chi connectivity index (χ0n) is 14.0. The highest BCUT2D eigenvalue weighted by Crippen LogP contribution is 2.69. The number of unbranched alkanes of at least 4 members (excludes halogenated alkanes) is 3. The van der Waals surface area contributed by atoms with Gasteiger partial charge < -0.3 is 0 Å². The van der Waals surface area contributed by atoms with Gasteiger partial charge in [-0.3, -0.25) is 4.79 Å². The van der Waals surface area contributed by atoms with Crippen LogP contribution in [0.15, 0.2) is 12.7 Å². The molecule has 4 fully saturated rings. The van der Waals surface area contributed by atoms with Gasteiger partial charge in [0.25, 0.3) is 0 Å². The summed E-state index contributed by atoms with van der Waals surface area (Å²) in [5, 5.41) is 0. The lowest BCUT2D eigenvalue weighted by molar-refractivity contribution is -0.168. The molecule has 2 unspecified atom stereocenters. The van der Waals surface area contributed by atoms with E-state index in [1.165, 1.54) is 51.4 Å². The summed E-state index contributed by atoms with van der Waals surface area (Å²) in [6.45, 7) is 8.69. The normalized spacial score (nSPS) is 44.0. The maximum Gasteiger partial charge on any atom is 0.139 e. The molecule has 2 atom stereocenters. The molecule has 0 aliphatic heterocycles. The first kappa shape index (κ1) is 15.3. The molecular formula is C20H32O. The zero-order valence-corrected chi connectivity index (χ0v) is 14.0. The number of hydrogen-bond donors (Lipinski definition) is 0. The fourth-order valence-electron chi connectivity index (χ4n) is 6.77. The third kappa shape index (κ3) is 2.85. The lowest BCUT2D eigenvalue weighted by Gasteiger charge is -2.64. The van der Waals surface area contributed by atoms with E-state index in [2.05, 4.69) is 20.4 Å². The summed E-state index contributed by atoms with van der Waals surface area (Å²) >= 11 is 0. The van der Waals surface area contributed by atoms with Crippen molar-refractivity contribution in [3.8, 4) is 0 Å². The van der Waals surface area contributed by atoms with E-state index in [0.29, 0.717) is 16.6 Å². The Labute approximate surface area is 130 Å². The molecular weight excluding hydrogens is 256 g/mol. The number of carbonyl (C=O) groups excluding carboxylic acids is 1. The Balaban J connectivity index is 1.64. The Bertz CT molecular complexity index is 417. The van der Waals surface area contributed by atoms with Gasteiger partial charge in [0.15, 0.2) is 0 Å². The second-order valence-electron chi connectivity index (χ2n) is 9.22. The maximum absolute atomic E-state index is 13.0. The second kappa shape index (κ2) is 5.25. The highest BCUT2D eigenvalue weighted by molar-refractivity contribution is 5.85. The molecule has 4 saturated carbocycles. The molecule has 1 heteroatoms. The van der Waals surface area contributed by atoms with Crippen molar-refractivity contribution in [2.45, 2.75) is 84.5 Å². The number of carbonyl (C=O) groups is 1. The van der Waals surface area contributed by atoms with Gasteiger partial charge in [0.2, 0.25) is 0 Å². The molecule has 0 heterocycles. The molecule has 0 aromatic carbocycles. The molecule has 4 aliphatic rings. The van der Waals surface area contributed by atoms with E-state index in [-0.39, 0.29) is 5.41 Å². The fourth-order valence-corrected chi connectivity index (χ4v) is 6.77. The molecule has 4 aliphatic carbocycles. The largest absolute Gasteiger partial charge is 0.299 e. The van der Waals surface area contributed by atoms with Gasteiger partial charge in [0, 0.05) is 11.8 Å². The SMILES string of the molecule is C=CCCCCCC(=O)C12CC3CC(C)(CC(C)(C3)C1)C2. The molecule has 4 bridgehead atoms. The van der Waals surface area contributed by atoms with E-state index < -0.39 is 0 Å². The van der Waals surface area contributed by atoms with Crippen LogP contribution in [0.3, 0.4) is 0 Å². The van der Waals surface area contributed by atoms with Gasteiger partial charge in [-0.1, -0.05) is 26.3 Å². The van der Waals surface area contributed by atoms with Crippen molar-refractivity contribution in [2.24, 2.45) is 22.2 Å². The van der Waals surface area contributed by atoms with Crippen molar-refractivity contribution in [3.63, 3.8) is 0 Å². The van der Waals surface area contributed by atoms with E-state index in [0.717, 1.165) is 25.2 Å². The molecule has 0 spiro atoms. The first-order valence-corrected chi connectivity index (χ1v) is 9.03. The fraction of sp³-hybridized carbons (Fsp3) is 0.850.